The van der Waals surface area contributed by atoms with Crippen LogP contribution in [-0.2, 0) is 17.7 Å². The molecule has 2 rings (SSSR count). The number of nitrogens with zero attached hydrogens (tertiary/aromatic N) is 1. The van der Waals surface area contributed by atoms with E-state index in [1.807, 2.05) is 4.90 Å². The third-order valence-corrected chi connectivity index (χ3v) is 3.20. The number of aliphatic hydroxyl groups is 1. The van der Waals surface area contributed by atoms with Crippen molar-refractivity contribution < 1.29 is 18.6 Å². The number of hydrogen-bond donors (Lipinski definition) is 1. The molecule has 1 unspecified atom stereocenters. The Morgan fingerprint density at radius 3 is 2.67 bits per heavy atom. The summed E-state index contributed by atoms with van der Waals surface area (Å²) < 4.78 is 32.0. The van der Waals surface area contributed by atoms with Crippen molar-refractivity contribution in [3.63, 3.8) is 0 Å². The molecule has 3 nitrogen and oxygen atoms in total. The van der Waals surface area contributed by atoms with E-state index in [4.69, 9.17) is 4.74 Å². The maximum Gasteiger partial charge on any atom is 0.128 e. The maximum absolute atomic E-state index is 13.6. The van der Waals surface area contributed by atoms with E-state index in [-0.39, 0.29) is 18.2 Å². The minimum Gasteiger partial charge on any atom is -0.389 e. The van der Waals surface area contributed by atoms with Crippen molar-refractivity contribution in [1.29, 1.82) is 0 Å². The molecule has 0 bridgehead atoms. The van der Waals surface area contributed by atoms with Gasteiger partial charge in [0.25, 0.3) is 0 Å². The first-order valence-corrected chi connectivity index (χ1v) is 5.97. The normalized spacial score (nSPS) is 17.6. The number of ether oxygens (including phenoxy) is 1. The summed E-state index contributed by atoms with van der Waals surface area (Å²) >= 11 is 0. The van der Waals surface area contributed by atoms with Crippen LogP contribution in [0.25, 0.3) is 0 Å². The molecule has 1 aliphatic rings. The minimum absolute atomic E-state index is 0.245. The summed E-state index contributed by atoms with van der Waals surface area (Å²) in [5, 5.41) is 9.64. The summed E-state index contributed by atoms with van der Waals surface area (Å²) in [6.45, 7) is 1.60. The molecule has 0 aliphatic carbocycles. The number of fused-ring (bicyclic) bond motifs is 1. The highest BCUT2D eigenvalue weighted by atomic mass is 19.1. The van der Waals surface area contributed by atoms with E-state index in [1.54, 1.807) is 0 Å². The molecule has 18 heavy (non-hydrogen) atoms. The van der Waals surface area contributed by atoms with E-state index in [1.165, 1.54) is 13.2 Å². The largest absolute Gasteiger partial charge is 0.389 e. The Hall–Kier alpha value is -1.04. The molecule has 1 aliphatic heterocycles. The van der Waals surface area contributed by atoms with Gasteiger partial charge in [0.05, 0.1) is 12.7 Å². The van der Waals surface area contributed by atoms with Crippen LogP contribution in [0.3, 0.4) is 0 Å². The highest BCUT2D eigenvalue weighted by Crippen LogP contribution is 2.24. The van der Waals surface area contributed by atoms with Gasteiger partial charge in [0, 0.05) is 32.3 Å². The van der Waals surface area contributed by atoms with E-state index in [9.17, 15) is 13.9 Å². The lowest BCUT2D eigenvalue weighted by molar-refractivity contribution is 0.0341. The fourth-order valence-electron chi connectivity index (χ4n) is 2.35. The smallest absolute Gasteiger partial charge is 0.128 e. The van der Waals surface area contributed by atoms with Crippen LogP contribution in [0, 0.1) is 11.6 Å². The minimum atomic E-state index is -0.604. The quantitative estimate of drug-likeness (QED) is 0.883. The summed E-state index contributed by atoms with van der Waals surface area (Å²) in [5.41, 5.74) is 0.873. The van der Waals surface area contributed by atoms with Gasteiger partial charge in [0.1, 0.15) is 11.6 Å². The molecule has 1 heterocycles. The molecule has 5 heteroatoms. The number of rotatable bonds is 4. The summed E-state index contributed by atoms with van der Waals surface area (Å²) in [4.78, 5) is 1.91. The molecule has 0 fully saturated rings. The van der Waals surface area contributed by atoms with E-state index in [0.29, 0.717) is 37.2 Å². The van der Waals surface area contributed by atoms with E-state index in [2.05, 4.69) is 0 Å². The molecule has 0 saturated carbocycles. The predicted octanol–water partition coefficient (Wildman–Crippen LogP) is 1.33. The Labute approximate surface area is 105 Å². The highest BCUT2D eigenvalue weighted by Gasteiger charge is 2.23. The molecule has 1 aromatic carbocycles. The molecule has 0 spiro atoms. The van der Waals surface area contributed by atoms with Crippen molar-refractivity contribution in [1.82, 2.24) is 4.90 Å². The second-order valence-corrected chi connectivity index (χ2v) is 4.58. The van der Waals surface area contributed by atoms with Gasteiger partial charge in [-0.3, -0.25) is 4.90 Å². The van der Waals surface area contributed by atoms with E-state index < -0.39 is 6.10 Å². The number of hydrogen-bond acceptors (Lipinski definition) is 3. The van der Waals surface area contributed by atoms with Gasteiger partial charge >= 0.3 is 0 Å². The first kappa shape index (κ1) is 13.4. The van der Waals surface area contributed by atoms with Crippen molar-refractivity contribution in [2.24, 2.45) is 0 Å². The molecule has 1 aromatic rings. The van der Waals surface area contributed by atoms with Gasteiger partial charge in [0.15, 0.2) is 0 Å². The fourth-order valence-corrected chi connectivity index (χ4v) is 2.35. The molecule has 0 saturated heterocycles. The van der Waals surface area contributed by atoms with Crippen molar-refractivity contribution in [3.8, 4) is 0 Å². The standard InChI is InChI=1S/C13H17F2NO2/c1-18-8-9(17)6-16-5-4-10-11(7-16)13(15)3-2-12(10)14/h2-3,9,17H,4-8H2,1H3. The number of β-amino-alcohol motifs (C(OH)–C–C–N with tert-alkyl or cyclic N) is 1. The average Bonchev–Trinajstić information content (AvgIpc) is 2.34. The van der Waals surface area contributed by atoms with Gasteiger partial charge in [-0.25, -0.2) is 8.78 Å². The third-order valence-electron chi connectivity index (χ3n) is 3.20. The van der Waals surface area contributed by atoms with Crippen LogP contribution in [-0.4, -0.2) is 42.9 Å². The van der Waals surface area contributed by atoms with Gasteiger partial charge in [-0.1, -0.05) is 0 Å². The Kier molecular flexibility index (Phi) is 4.27. The van der Waals surface area contributed by atoms with Crippen LogP contribution in [0.5, 0.6) is 0 Å². The van der Waals surface area contributed by atoms with Crippen LogP contribution < -0.4 is 0 Å². The summed E-state index contributed by atoms with van der Waals surface area (Å²) in [5.74, 6) is -0.721. The van der Waals surface area contributed by atoms with Crippen molar-refractivity contribution in [2.45, 2.75) is 19.1 Å². The van der Waals surface area contributed by atoms with Crippen LogP contribution in [0.1, 0.15) is 11.1 Å². The summed E-state index contributed by atoms with van der Waals surface area (Å²) in [7, 11) is 1.52. The summed E-state index contributed by atoms with van der Waals surface area (Å²) in [6, 6.07) is 2.33. The number of methoxy groups -OCH3 is 1. The van der Waals surface area contributed by atoms with Crippen LogP contribution in [0.2, 0.25) is 0 Å². The SMILES string of the molecule is COCC(O)CN1CCc2c(F)ccc(F)c2C1. The molecule has 0 radical (unpaired) electrons. The van der Waals surface area contributed by atoms with E-state index >= 15 is 0 Å². The van der Waals surface area contributed by atoms with Crippen LogP contribution in [0.4, 0.5) is 8.78 Å². The summed E-state index contributed by atoms with van der Waals surface area (Å²) in [6.07, 6.45) is -0.133. The van der Waals surface area contributed by atoms with Gasteiger partial charge in [-0.05, 0) is 24.1 Å². The zero-order valence-corrected chi connectivity index (χ0v) is 10.3. The van der Waals surface area contributed by atoms with Gasteiger partial charge in [0.2, 0.25) is 0 Å². The first-order valence-electron chi connectivity index (χ1n) is 5.97. The Balaban J connectivity index is 2.08. The molecule has 1 atom stereocenters. The second-order valence-electron chi connectivity index (χ2n) is 4.58. The molecule has 100 valence electrons. The first-order chi connectivity index (χ1) is 8.61. The Morgan fingerprint density at radius 2 is 2.00 bits per heavy atom. The lowest BCUT2D eigenvalue weighted by Gasteiger charge is -2.30. The van der Waals surface area contributed by atoms with Gasteiger partial charge in [-0.15, -0.1) is 0 Å². The Bertz CT molecular complexity index is 426. The topological polar surface area (TPSA) is 32.7 Å². The average molecular weight is 257 g/mol. The van der Waals surface area contributed by atoms with E-state index in [0.717, 1.165) is 6.07 Å². The molecule has 0 amide bonds. The van der Waals surface area contributed by atoms with Crippen LogP contribution in [0.15, 0.2) is 12.1 Å². The fraction of sp³-hybridized carbons (Fsp3) is 0.538. The lowest BCUT2D eigenvalue weighted by Crippen LogP contribution is -2.38. The molecular formula is C13H17F2NO2. The highest BCUT2D eigenvalue weighted by molar-refractivity contribution is 5.32. The number of benzene rings is 1. The van der Waals surface area contributed by atoms with Gasteiger partial charge in [-0.2, -0.15) is 0 Å². The third kappa shape index (κ3) is 2.85. The zero-order chi connectivity index (χ0) is 13.1. The zero-order valence-electron chi connectivity index (χ0n) is 10.3. The predicted molar refractivity (Wildman–Crippen MR) is 63.2 cm³/mol. The van der Waals surface area contributed by atoms with Crippen LogP contribution >= 0.6 is 0 Å². The maximum atomic E-state index is 13.6. The number of aliphatic hydroxyl groups excluding tert-OH is 1. The van der Waals surface area contributed by atoms with Crippen molar-refractivity contribution >= 4 is 0 Å². The Morgan fingerprint density at radius 1 is 1.33 bits per heavy atom. The molecule has 1 N–H and O–H groups in total. The van der Waals surface area contributed by atoms with Crippen molar-refractivity contribution in [3.05, 3.63) is 34.9 Å². The molecular weight excluding hydrogens is 240 g/mol. The van der Waals surface area contributed by atoms with Crippen molar-refractivity contribution in [2.75, 3.05) is 26.8 Å². The lowest BCUT2D eigenvalue weighted by atomic mass is 9.98. The van der Waals surface area contributed by atoms with Gasteiger partial charge < -0.3 is 9.84 Å². The number of halogens is 2. The second kappa shape index (κ2) is 5.73. The monoisotopic (exact) mass is 257 g/mol. The molecule has 0 aromatic heterocycles.